The molecule has 2 aliphatic rings. The molecule has 0 atom stereocenters. The van der Waals surface area contributed by atoms with Crippen molar-refractivity contribution in [3.63, 3.8) is 0 Å². The summed E-state index contributed by atoms with van der Waals surface area (Å²) in [6.45, 7) is 12.3. The summed E-state index contributed by atoms with van der Waals surface area (Å²) < 4.78 is 11.6. The summed E-state index contributed by atoms with van der Waals surface area (Å²) in [5.74, 6) is 1.52. The van der Waals surface area contributed by atoms with Crippen molar-refractivity contribution in [3.8, 4) is 11.5 Å². The van der Waals surface area contributed by atoms with Crippen LogP contribution in [0.15, 0.2) is 66.7 Å². The summed E-state index contributed by atoms with van der Waals surface area (Å²) in [5, 5.41) is 0. The predicted molar refractivity (Wildman–Crippen MR) is 159 cm³/mol. The zero-order chi connectivity index (χ0) is 28.3. The maximum Gasteiger partial charge on any atom is 0.265 e. The molecule has 7 heteroatoms. The third kappa shape index (κ3) is 5.64. The fourth-order valence-electron chi connectivity index (χ4n) is 5.31. The number of para-hydroxylation sites is 2. The fraction of sp³-hybridized carbons (Fsp3) is 0.394. The molecule has 0 aliphatic carbocycles. The minimum Gasteiger partial charge on any atom is -0.492 e. The van der Waals surface area contributed by atoms with Gasteiger partial charge in [-0.15, -0.1) is 0 Å². The lowest BCUT2D eigenvalue weighted by molar-refractivity contribution is -0.121. The van der Waals surface area contributed by atoms with Crippen LogP contribution >= 0.6 is 0 Å². The Morgan fingerprint density at radius 3 is 2.45 bits per heavy atom. The molecule has 0 aromatic heterocycles. The van der Waals surface area contributed by atoms with Crippen LogP contribution in [-0.4, -0.2) is 56.1 Å². The molecule has 0 unspecified atom stereocenters. The summed E-state index contributed by atoms with van der Waals surface area (Å²) in [5.41, 5.74) is 4.57. The Hall–Kier alpha value is -4.00. The van der Waals surface area contributed by atoms with Crippen molar-refractivity contribution in [2.45, 2.75) is 46.1 Å². The Morgan fingerprint density at radius 2 is 1.70 bits per heavy atom. The van der Waals surface area contributed by atoms with Crippen molar-refractivity contribution in [2.24, 2.45) is 0 Å². The second kappa shape index (κ2) is 11.6. The molecule has 1 saturated heterocycles. The number of anilines is 2. The van der Waals surface area contributed by atoms with Crippen molar-refractivity contribution in [3.05, 3.63) is 83.4 Å². The van der Waals surface area contributed by atoms with Crippen molar-refractivity contribution in [1.29, 1.82) is 0 Å². The first-order valence-corrected chi connectivity index (χ1v) is 14.2. The third-order valence-electron chi connectivity index (χ3n) is 8.15. The summed E-state index contributed by atoms with van der Waals surface area (Å²) in [6, 6.07) is 21.8. The van der Waals surface area contributed by atoms with Gasteiger partial charge in [0, 0.05) is 31.7 Å². The minimum absolute atomic E-state index is 0.0113. The topological polar surface area (TPSA) is 62.3 Å². The molecule has 0 radical (unpaired) electrons. The summed E-state index contributed by atoms with van der Waals surface area (Å²) in [4.78, 5) is 32.4. The Bertz CT molecular complexity index is 1380. The maximum absolute atomic E-state index is 13.5. The number of fused-ring (bicyclic) bond motifs is 1. The number of carbonyl (C=O) groups excluding carboxylic acids is 2. The quantitative estimate of drug-likeness (QED) is 0.368. The number of piperazine rings is 1. The first kappa shape index (κ1) is 27.6. The molecular weight excluding hydrogens is 502 g/mol. The molecule has 0 spiro atoms. The number of rotatable bonds is 8. The molecule has 5 rings (SSSR count). The van der Waals surface area contributed by atoms with Crippen molar-refractivity contribution >= 4 is 23.2 Å². The van der Waals surface area contributed by atoms with Gasteiger partial charge < -0.3 is 24.2 Å². The van der Waals surface area contributed by atoms with E-state index in [1.165, 1.54) is 5.56 Å². The predicted octanol–water partition coefficient (Wildman–Crippen LogP) is 5.66. The first-order valence-electron chi connectivity index (χ1n) is 14.2. The Kier molecular flexibility index (Phi) is 8.01. The van der Waals surface area contributed by atoms with Gasteiger partial charge in [0.25, 0.3) is 11.8 Å². The highest BCUT2D eigenvalue weighted by Gasteiger charge is 2.29. The number of hydrogen-bond acceptors (Lipinski definition) is 5. The molecule has 0 N–H and O–H groups in total. The maximum atomic E-state index is 13.5. The largest absolute Gasteiger partial charge is 0.492 e. The van der Waals surface area contributed by atoms with E-state index in [2.05, 4.69) is 43.9 Å². The second-order valence-electron chi connectivity index (χ2n) is 11.1. The summed E-state index contributed by atoms with van der Waals surface area (Å²) in [7, 11) is 0. The van der Waals surface area contributed by atoms with E-state index in [0.717, 1.165) is 42.2 Å². The Balaban J connectivity index is 1.30. The molecule has 0 bridgehead atoms. The number of amides is 2. The monoisotopic (exact) mass is 541 g/mol. The van der Waals surface area contributed by atoms with Gasteiger partial charge in [0.2, 0.25) is 0 Å². The Morgan fingerprint density at radius 1 is 0.925 bits per heavy atom. The molecule has 0 saturated carbocycles. The highest BCUT2D eigenvalue weighted by molar-refractivity contribution is 5.98. The molecule has 1 fully saturated rings. The average molecular weight is 542 g/mol. The van der Waals surface area contributed by atoms with E-state index >= 15 is 0 Å². The zero-order valence-electron chi connectivity index (χ0n) is 24.0. The molecular formula is C33H39N3O4. The van der Waals surface area contributed by atoms with Crippen molar-refractivity contribution in [2.75, 3.05) is 49.2 Å². The van der Waals surface area contributed by atoms with E-state index < -0.39 is 0 Å². The van der Waals surface area contributed by atoms with Crippen LogP contribution < -0.4 is 19.3 Å². The van der Waals surface area contributed by atoms with Crippen LogP contribution in [0.2, 0.25) is 0 Å². The van der Waals surface area contributed by atoms with E-state index in [9.17, 15) is 9.59 Å². The molecule has 3 aromatic rings. The second-order valence-corrected chi connectivity index (χ2v) is 11.1. The van der Waals surface area contributed by atoms with E-state index in [1.807, 2.05) is 60.4 Å². The summed E-state index contributed by atoms with van der Waals surface area (Å²) in [6.07, 6.45) is 0.984. The van der Waals surface area contributed by atoms with Gasteiger partial charge in [0.15, 0.2) is 6.61 Å². The van der Waals surface area contributed by atoms with Gasteiger partial charge in [0.1, 0.15) is 11.5 Å². The van der Waals surface area contributed by atoms with E-state index in [0.29, 0.717) is 37.6 Å². The van der Waals surface area contributed by atoms with E-state index in [-0.39, 0.29) is 23.8 Å². The van der Waals surface area contributed by atoms with Crippen LogP contribution in [0.5, 0.6) is 11.5 Å². The normalized spacial score (nSPS) is 15.5. The molecule has 2 amide bonds. The van der Waals surface area contributed by atoms with Gasteiger partial charge in [-0.1, -0.05) is 51.1 Å². The van der Waals surface area contributed by atoms with Crippen LogP contribution in [0, 0.1) is 0 Å². The lowest BCUT2D eigenvalue weighted by Crippen LogP contribution is -2.48. The van der Waals surface area contributed by atoms with E-state index in [1.54, 1.807) is 4.90 Å². The summed E-state index contributed by atoms with van der Waals surface area (Å²) >= 11 is 0. The molecule has 210 valence electrons. The minimum atomic E-state index is -0.0841. The number of benzene rings is 3. The van der Waals surface area contributed by atoms with Crippen LogP contribution in [0.3, 0.4) is 0 Å². The smallest absolute Gasteiger partial charge is 0.265 e. The van der Waals surface area contributed by atoms with Crippen molar-refractivity contribution < 1.29 is 19.1 Å². The van der Waals surface area contributed by atoms with Crippen LogP contribution in [0.4, 0.5) is 11.4 Å². The third-order valence-corrected chi connectivity index (χ3v) is 8.15. The highest BCUT2D eigenvalue weighted by Crippen LogP contribution is 2.38. The van der Waals surface area contributed by atoms with Crippen molar-refractivity contribution in [1.82, 2.24) is 4.90 Å². The van der Waals surface area contributed by atoms with Gasteiger partial charge in [-0.05, 0) is 66.3 Å². The van der Waals surface area contributed by atoms with Crippen LogP contribution in [0.25, 0.3) is 0 Å². The van der Waals surface area contributed by atoms with Crippen LogP contribution in [-0.2, 0) is 16.8 Å². The van der Waals surface area contributed by atoms with Gasteiger partial charge in [0.05, 0.1) is 24.5 Å². The van der Waals surface area contributed by atoms with Gasteiger partial charge in [-0.3, -0.25) is 9.59 Å². The van der Waals surface area contributed by atoms with Gasteiger partial charge >= 0.3 is 0 Å². The molecule has 2 aliphatic heterocycles. The van der Waals surface area contributed by atoms with E-state index in [4.69, 9.17) is 9.47 Å². The molecule has 2 heterocycles. The molecule has 3 aromatic carbocycles. The first-order chi connectivity index (χ1) is 19.3. The number of nitrogens with zero attached hydrogens (tertiary/aromatic N) is 3. The molecule has 7 nitrogen and oxygen atoms in total. The van der Waals surface area contributed by atoms with Gasteiger partial charge in [-0.2, -0.15) is 0 Å². The number of hydrogen-bond donors (Lipinski definition) is 0. The average Bonchev–Trinajstić information content (AvgIpc) is 2.98. The Labute approximate surface area is 237 Å². The lowest BCUT2D eigenvalue weighted by atomic mass is 9.82. The van der Waals surface area contributed by atoms with Crippen LogP contribution in [0.1, 0.15) is 55.6 Å². The highest BCUT2D eigenvalue weighted by atomic mass is 16.5. The van der Waals surface area contributed by atoms with Gasteiger partial charge in [-0.25, -0.2) is 0 Å². The fourth-order valence-corrected chi connectivity index (χ4v) is 5.31. The SMILES string of the molecule is CCOc1ccccc1N1CCN(C(=O)c2cccc(CN3C(=O)COc4ccc(C(C)(C)CC)cc43)c2)CC1. The number of ether oxygens (including phenoxy) is 2. The number of carbonyl (C=O) groups is 2. The standard InChI is InChI=1S/C33H39N3O4/c1-5-33(3,4)26-14-15-30-28(21-26)36(31(37)23-40-30)22-24-10-9-11-25(20-24)32(38)35-18-16-34(17-19-35)27-12-7-8-13-29(27)39-6-2/h7-15,20-21H,5-6,16-19,22-23H2,1-4H3. The zero-order valence-corrected chi connectivity index (χ0v) is 24.0. The molecule has 40 heavy (non-hydrogen) atoms. The lowest BCUT2D eigenvalue weighted by Gasteiger charge is -2.36.